The van der Waals surface area contributed by atoms with Gasteiger partial charge in [-0.2, -0.15) is 0 Å². The summed E-state index contributed by atoms with van der Waals surface area (Å²) in [5.41, 5.74) is 6.21. The lowest BCUT2D eigenvalue weighted by Gasteiger charge is -2.22. The lowest BCUT2D eigenvalue weighted by molar-refractivity contribution is 0.588. The van der Waals surface area contributed by atoms with Gasteiger partial charge in [0.15, 0.2) is 0 Å². The molecule has 0 spiro atoms. The maximum atomic E-state index is 3.60. The second kappa shape index (κ2) is 5.66. The number of nitrogens with one attached hydrogen (secondary N) is 1. The number of aryl methyl sites for hydroxylation is 2. The summed E-state index contributed by atoms with van der Waals surface area (Å²) in [6.45, 7) is 12.6. The Bertz CT molecular complexity index is 412. The molecule has 0 aliphatic heterocycles. The van der Waals surface area contributed by atoms with Crippen molar-refractivity contribution in [2.75, 3.05) is 6.54 Å². The van der Waals surface area contributed by atoms with E-state index in [9.17, 15) is 0 Å². The third kappa shape index (κ3) is 4.07. The topological polar surface area (TPSA) is 12.0 Å². The molecule has 0 aromatic heterocycles. The number of hydrogen-bond donors (Lipinski definition) is 1. The highest BCUT2D eigenvalue weighted by Crippen LogP contribution is 2.27. The van der Waals surface area contributed by atoms with Crippen molar-refractivity contribution in [3.63, 3.8) is 0 Å². The molecular weight excluding hydrogens is 230 g/mol. The van der Waals surface area contributed by atoms with Gasteiger partial charge >= 0.3 is 0 Å². The molecule has 0 heterocycles. The minimum absolute atomic E-state index is 0.252. The average Bonchev–Trinajstić information content (AvgIpc) is 3.09. The summed E-state index contributed by atoms with van der Waals surface area (Å²) in [4.78, 5) is 0. The Morgan fingerprint density at radius 1 is 1.11 bits per heavy atom. The fraction of sp³-hybridized carbons (Fsp3) is 0.667. The Balaban J connectivity index is 1.99. The molecule has 1 aromatic rings. The zero-order valence-electron chi connectivity index (χ0n) is 13.3. The van der Waals surface area contributed by atoms with Gasteiger partial charge in [-0.3, -0.25) is 0 Å². The average molecular weight is 259 g/mol. The number of rotatable bonds is 5. The molecule has 1 aliphatic carbocycles. The summed E-state index contributed by atoms with van der Waals surface area (Å²) in [5.74, 6) is 0. The van der Waals surface area contributed by atoms with Crippen molar-refractivity contribution >= 4 is 0 Å². The summed E-state index contributed by atoms with van der Waals surface area (Å²) >= 11 is 0. The van der Waals surface area contributed by atoms with Gasteiger partial charge in [0, 0.05) is 6.04 Å². The van der Waals surface area contributed by atoms with Crippen LogP contribution in [-0.4, -0.2) is 12.6 Å². The Labute approximate surface area is 118 Å². The van der Waals surface area contributed by atoms with E-state index in [-0.39, 0.29) is 5.41 Å². The van der Waals surface area contributed by atoms with Crippen molar-refractivity contribution < 1.29 is 0 Å². The fourth-order valence-corrected chi connectivity index (χ4v) is 2.68. The van der Waals surface area contributed by atoms with E-state index < -0.39 is 0 Å². The predicted molar refractivity (Wildman–Crippen MR) is 84.0 cm³/mol. The van der Waals surface area contributed by atoms with Gasteiger partial charge in [-0.25, -0.2) is 0 Å². The second-order valence-electron chi connectivity index (χ2n) is 7.17. The Morgan fingerprint density at radius 2 is 1.68 bits per heavy atom. The molecule has 0 radical (unpaired) electrons. The van der Waals surface area contributed by atoms with E-state index in [1.54, 1.807) is 5.56 Å². The van der Waals surface area contributed by atoms with Gasteiger partial charge in [-0.05, 0) is 73.7 Å². The highest BCUT2D eigenvalue weighted by atomic mass is 14.9. The first-order valence-electron chi connectivity index (χ1n) is 7.72. The van der Waals surface area contributed by atoms with Crippen LogP contribution in [0.25, 0.3) is 0 Å². The Hall–Kier alpha value is -0.820. The van der Waals surface area contributed by atoms with Gasteiger partial charge in [0.1, 0.15) is 0 Å². The Morgan fingerprint density at radius 3 is 2.16 bits per heavy atom. The van der Waals surface area contributed by atoms with Crippen LogP contribution in [-0.2, 0) is 11.8 Å². The smallest absolute Gasteiger partial charge is 0.00682 e. The van der Waals surface area contributed by atoms with Gasteiger partial charge in [0.2, 0.25) is 0 Å². The number of benzene rings is 1. The van der Waals surface area contributed by atoms with E-state index in [0.29, 0.717) is 0 Å². The number of hydrogen-bond acceptors (Lipinski definition) is 1. The fourth-order valence-electron chi connectivity index (χ4n) is 2.68. The van der Waals surface area contributed by atoms with E-state index >= 15 is 0 Å². The molecule has 1 nitrogen and oxygen atoms in total. The van der Waals surface area contributed by atoms with Crippen molar-refractivity contribution in [3.8, 4) is 0 Å². The second-order valence-corrected chi connectivity index (χ2v) is 7.17. The van der Waals surface area contributed by atoms with E-state index in [1.807, 2.05) is 0 Å². The van der Waals surface area contributed by atoms with E-state index in [4.69, 9.17) is 0 Å². The van der Waals surface area contributed by atoms with E-state index in [1.165, 1.54) is 48.9 Å². The zero-order valence-corrected chi connectivity index (χ0v) is 13.3. The summed E-state index contributed by atoms with van der Waals surface area (Å²) < 4.78 is 0. The van der Waals surface area contributed by atoms with Gasteiger partial charge in [-0.1, -0.05) is 32.9 Å². The van der Waals surface area contributed by atoms with Crippen LogP contribution in [0.4, 0.5) is 0 Å². The molecular formula is C18H29N. The third-order valence-electron chi connectivity index (χ3n) is 4.18. The molecule has 1 saturated carbocycles. The summed E-state index contributed by atoms with van der Waals surface area (Å²) in [6.07, 6.45) is 5.24. The first-order valence-corrected chi connectivity index (χ1v) is 7.72. The van der Waals surface area contributed by atoms with Crippen molar-refractivity contribution in [2.45, 2.75) is 71.8 Å². The zero-order chi connectivity index (χ0) is 14.0. The van der Waals surface area contributed by atoms with E-state index in [2.05, 4.69) is 52.1 Å². The van der Waals surface area contributed by atoms with Crippen molar-refractivity contribution in [3.05, 3.63) is 34.4 Å². The van der Waals surface area contributed by atoms with E-state index in [0.717, 1.165) is 6.04 Å². The van der Waals surface area contributed by atoms with Gasteiger partial charge in [0.25, 0.3) is 0 Å². The SMILES string of the molecule is Cc1cc(C(C)(C)C)cc(C)c1CCCNC1CC1. The van der Waals surface area contributed by atoms with Crippen LogP contribution in [0.5, 0.6) is 0 Å². The van der Waals surface area contributed by atoms with Crippen LogP contribution < -0.4 is 5.32 Å². The maximum absolute atomic E-state index is 3.60. The lowest BCUT2D eigenvalue weighted by Crippen LogP contribution is -2.18. The molecule has 0 saturated heterocycles. The largest absolute Gasteiger partial charge is 0.314 e. The Kier molecular flexibility index (Phi) is 4.35. The molecule has 106 valence electrons. The van der Waals surface area contributed by atoms with Crippen LogP contribution >= 0.6 is 0 Å². The summed E-state index contributed by atoms with van der Waals surface area (Å²) in [6, 6.07) is 5.61. The molecule has 1 N–H and O–H groups in total. The van der Waals surface area contributed by atoms with Crippen LogP contribution in [0.15, 0.2) is 12.1 Å². The molecule has 1 aliphatic rings. The van der Waals surface area contributed by atoms with Crippen molar-refractivity contribution in [1.29, 1.82) is 0 Å². The standard InChI is InChI=1S/C18H29N/c1-13-11-15(18(3,4)5)12-14(2)17(13)7-6-10-19-16-8-9-16/h11-12,16,19H,6-10H2,1-5H3. The van der Waals surface area contributed by atoms with Gasteiger partial charge < -0.3 is 5.32 Å². The molecule has 0 unspecified atom stereocenters. The van der Waals surface area contributed by atoms with Crippen molar-refractivity contribution in [1.82, 2.24) is 5.32 Å². The summed E-state index contributed by atoms with van der Waals surface area (Å²) in [5, 5.41) is 3.60. The van der Waals surface area contributed by atoms with Crippen LogP contribution in [0.1, 0.15) is 62.3 Å². The van der Waals surface area contributed by atoms with Gasteiger partial charge in [0.05, 0.1) is 0 Å². The van der Waals surface area contributed by atoms with Crippen molar-refractivity contribution in [2.24, 2.45) is 0 Å². The molecule has 1 aromatic carbocycles. The lowest BCUT2D eigenvalue weighted by atomic mass is 9.83. The molecule has 0 bridgehead atoms. The normalized spacial score (nSPS) is 15.8. The van der Waals surface area contributed by atoms with Crippen LogP contribution in [0, 0.1) is 13.8 Å². The molecule has 1 fully saturated rings. The highest BCUT2D eigenvalue weighted by molar-refractivity contribution is 5.40. The van der Waals surface area contributed by atoms with Gasteiger partial charge in [-0.15, -0.1) is 0 Å². The monoisotopic (exact) mass is 259 g/mol. The predicted octanol–water partition coefficient (Wildman–Crippen LogP) is 4.29. The minimum atomic E-state index is 0.252. The maximum Gasteiger partial charge on any atom is 0.00682 e. The minimum Gasteiger partial charge on any atom is -0.314 e. The first-order chi connectivity index (χ1) is 8.88. The van der Waals surface area contributed by atoms with Crippen LogP contribution in [0.2, 0.25) is 0 Å². The quantitative estimate of drug-likeness (QED) is 0.778. The molecule has 19 heavy (non-hydrogen) atoms. The third-order valence-corrected chi connectivity index (χ3v) is 4.18. The first kappa shape index (κ1) is 14.6. The summed E-state index contributed by atoms with van der Waals surface area (Å²) in [7, 11) is 0. The molecule has 0 amide bonds. The molecule has 2 rings (SSSR count). The highest BCUT2D eigenvalue weighted by Gasteiger charge is 2.20. The van der Waals surface area contributed by atoms with Crippen LogP contribution in [0.3, 0.4) is 0 Å². The molecule has 0 atom stereocenters. The molecule has 1 heteroatoms.